The SMILES string of the molecule is COc1ccc(OC2CCNCC2)cc1C. The lowest BCUT2D eigenvalue weighted by Gasteiger charge is -2.24. The maximum absolute atomic E-state index is 5.94. The first-order valence-corrected chi connectivity index (χ1v) is 5.81. The monoisotopic (exact) mass is 221 g/mol. The summed E-state index contributed by atoms with van der Waals surface area (Å²) in [7, 11) is 1.69. The molecule has 1 aromatic carbocycles. The third-order valence-corrected chi connectivity index (χ3v) is 2.96. The number of nitrogens with one attached hydrogen (secondary N) is 1. The van der Waals surface area contributed by atoms with E-state index >= 15 is 0 Å². The van der Waals surface area contributed by atoms with Crippen LogP contribution in [0.3, 0.4) is 0 Å². The Kier molecular flexibility index (Phi) is 3.67. The zero-order valence-corrected chi connectivity index (χ0v) is 9.95. The van der Waals surface area contributed by atoms with E-state index in [2.05, 4.69) is 5.32 Å². The predicted molar refractivity (Wildman–Crippen MR) is 64.3 cm³/mol. The number of hydrogen-bond acceptors (Lipinski definition) is 3. The third kappa shape index (κ3) is 2.67. The molecule has 0 aliphatic carbocycles. The zero-order valence-electron chi connectivity index (χ0n) is 9.95. The first-order valence-electron chi connectivity index (χ1n) is 5.81. The lowest BCUT2D eigenvalue weighted by molar-refractivity contribution is 0.162. The molecule has 1 aliphatic heterocycles. The predicted octanol–water partition coefficient (Wildman–Crippen LogP) is 2.13. The zero-order chi connectivity index (χ0) is 11.4. The normalized spacial score (nSPS) is 17.1. The molecule has 0 unspecified atom stereocenters. The van der Waals surface area contributed by atoms with Crippen LogP contribution in [0.25, 0.3) is 0 Å². The van der Waals surface area contributed by atoms with Crippen LogP contribution in [0.15, 0.2) is 18.2 Å². The average Bonchev–Trinajstić information content (AvgIpc) is 2.31. The Labute approximate surface area is 96.8 Å². The van der Waals surface area contributed by atoms with Crippen LogP contribution in [0.1, 0.15) is 18.4 Å². The molecule has 1 saturated heterocycles. The molecule has 0 amide bonds. The van der Waals surface area contributed by atoms with Crippen molar-refractivity contribution in [2.24, 2.45) is 0 Å². The van der Waals surface area contributed by atoms with Gasteiger partial charge >= 0.3 is 0 Å². The Hall–Kier alpha value is -1.22. The highest BCUT2D eigenvalue weighted by atomic mass is 16.5. The number of benzene rings is 1. The van der Waals surface area contributed by atoms with E-state index in [1.807, 2.05) is 25.1 Å². The van der Waals surface area contributed by atoms with E-state index in [-0.39, 0.29) is 0 Å². The number of aryl methyl sites for hydroxylation is 1. The molecule has 1 fully saturated rings. The molecule has 16 heavy (non-hydrogen) atoms. The first kappa shape index (κ1) is 11.3. The fraction of sp³-hybridized carbons (Fsp3) is 0.538. The van der Waals surface area contributed by atoms with Gasteiger partial charge in [0.2, 0.25) is 0 Å². The van der Waals surface area contributed by atoms with Crippen LogP contribution < -0.4 is 14.8 Å². The Balaban J connectivity index is 2.01. The van der Waals surface area contributed by atoms with Crippen LogP contribution in [0.5, 0.6) is 11.5 Å². The summed E-state index contributed by atoms with van der Waals surface area (Å²) in [5.74, 6) is 1.86. The molecule has 1 N–H and O–H groups in total. The maximum atomic E-state index is 5.94. The first-order chi connectivity index (χ1) is 7.79. The summed E-state index contributed by atoms with van der Waals surface area (Å²) in [6.45, 7) is 4.15. The van der Waals surface area contributed by atoms with Gasteiger partial charge in [0.1, 0.15) is 17.6 Å². The minimum absolute atomic E-state index is 0.356. The quantitative estimate of drug-likeness (QED) is 0.848. The van der Waals surface area contributed by atoms with Crippen LogP contribution >= 0.6 is 0 Å². The summed E-state index contributed by atoms with van der Waals surface area (Å²) in [6, 6.07) is 5.99. The lowest BCUT2D eigenvalue weighted by Crippen LogP contribution is -2.34. The number of ether oxygens (including phenoxy) is 2. The molecule has 0 saturated carbocycles. The van der Waals surface area contributed by atoms with Crippen LogP contribution in [0, 0.1) is 6.92 Å². The van der Waals surface area contributed by atoms with Crippen molar-refractivity contribution < 1.29 is 9.47 Å². The second kappa shape index (κ2) is 5.21. The van der Waals surface area contributed by atoms with Gasteiger partial charge in [-0.05, 0) is 56.6 Å². The lowest BCUT2D eigenvalue weighted by atomic mass is 10.1. The van der Waals surface area contributed by atoms with Crippen molar-refractivity contribution >= 4 is 0 Å². The Morgan fingerprint density at radius 3 is 2.62 bits per heavy atom. The smallest absolute Gasteiger partial charge is 0.122 e. The molecule has 3 nitrogen and oxygen atoms in total. The van der Waals surface area contributed by atoms with Gasteiger partial charge in [-0.3, -0.25) is 0 Å². The Bertz CT molecular complexity index is 346. The van der Waals surface area contributed by atoms with Gasteiger partial charge in [0, 0.05) is 0 Å². The van der Waals surface area contributed by atoms with E-state index in [0.29, 0.717) is 6.10 Å². The van der Waals surface area contributed by atoms with Gasteiger partial charge in [-0.25, -0.2) is 0 Å². The summed E-state index contributed by atoms with van der Waals surface area (Å²) >= 11 is 0. The highest BCUT2D eigenvalue weighted by molar-refractivity contribution is 5.39. The van der Waals surface area contributed by atoms with Crippen molar-refractivity contribution in [1.82, 2.24) is 5.32 Å². The van der Waals surface area contributed by atoms with Gasteiger partial charge in [0.25, 0.3) is 0 Å². The van der Waals surface area contributed by atoms with Gasteiger partial charge in [0.05, 0.1) is 7.11 Å². The standard InChI is InChI=1S/C13H19NO2/c1-10-9-12(3-4-13(10)15-2)16-11-5-7-14-8-6-11/h3-4,9,11,14H,5-8H2,1-2H3. The molecule has 1 aromatic rings. The molecule has 0 spiro atoms. The second-order valence-electron chi connectivity index (χ2n) is 4.20. The molecule has 0 radical (unpaired) electrons. The van der Waals surface area contributed by atoms with Gasteiger partial charge in [-0.2, -0.15) is 0 Å². The van der Waals surface area contributed by atoms with Gasteiger partial charge < -0.3 is 14.8 Å². The molecule has 0 aromatic heterocycles. The topological polar surface area (TPSA) is 30.5 Å². The number of rotatable bonds is 3. The van der Waals surface area contributed by atoms with E-state index < -0.39 is 0 Å². The van der Waals surface area contributed by atoms with E-state index in [9.17, 15) is 0 Å². The number of piperidine rings is 1. The number of hydrogen-bond donors (Lipinski definition) is 1. The molecule has 1 heterocycles. The van der Waals surface area contributed by atoms with Gasteiger partial charge in [-0.1, -0.05) is 0 Å². The van der Waals surface area contributed by atoms with Crippen LogP contribution in [-0.2, 0) is 0 Å². The van der Waals surface area contributed by atoms with Crippen molar-refractivity contribution in [1.29, 1.82) is 0 Å². The fourth-order valence-corrected chi connectivity index (χ4v) is 2.03. The largest absolute Gasteiger partial charge is 0.496 e. The van der Waals surface area contributed by atoms with E-state index in [4.69, 9.17) is 9.47 Å². The molecular weight excluding hydrogens is 202 g/mol. The molecule has 88 valence electrons. The molecular formula is C13H19NO2. The van der Waals surface area contributed by atoms with E-state index in [1.54, 1.807) is 7.11 Å². The van der Waals surface area contributed by atoms with Gasteiger partial charge in [-0.15, -0.1) is 0 Å². The van der Waals surface area contributed by atoms with Crippen molar-refractivity contribution in [2.45, 2.75) is 25.9 Å². The fourth-order valence-electron chi connectivity index (χ4n) is 2.03. The average molecular weight is 221 g/mol. The molecule has 1 aliphatic rings. The highest BCUT2D eigenvalue weighted by Gasteiger charge is 2.14. The highest BCUT2D eigenvalue weighted by Crippen LogP contribution is 2.24. The third-order valence-electron chi connectivity index (χ3n) is 2.96. The minimum atomic E-state index is 0.356. The summed E-state index contributed by atoms with van der Waals surface area (Å²) < 4.78 is 11.2. The summed E-state index contributed by atoms with van der Waals surface area (Å²) in [4.78, 5) is 0. The van der Waals surface area contributed by atoms with Crippen LogP contribution in [0.4, 0.5) is 0 Å². The maximum Gasteiger partial charge on any atom is 0.122 e. The summed E-state index contributed by atoms with van der Waals surface area (Å²) in [5, 5.41) is 3.33. The molecule has 0 bridgehead atoms. The molecule has 2 rings (SSSR count). The Morgan fingerprint density at radius 2 is 2.00 bits per heavy atom. The minimum Gasteiger partial charge on any atom is -0.496 e. The number of methoxy groups -OCH3 is 1. The Morgan fingerprint density at radius 1 is 1.25 bits per heavy atom. The summed E-state index contributed by atoms with van der Waals surface area (Å²) in [6.07, 6.45) is 2.53. The van der Waals surface area contributed by atoms with Crippen molar-refractivity contribution in [3.05, 3.63) is 23.8 Å². The van der Waals surface area contributed by atoms with E-state index in [0.717, 1.165) is 43.0 Å². The van der Waals surface area contributed by atoms with Crippen molar-refractivity contribution in [2.75, 3.05) is 20.2 Å². The van der Waals surface area contributed by atoms with Crippen molar-refractivity contribution in [3.8, 4) is 11.5 Å². The second-order valence-corrected chi connectivity index (χ2v) is 4.20. The van der Waals surface area contributed by atoms with E-state index in [1.165, 1.54) is 0 Å². The van der Waals surface area contributed by atoms with Crippen molar-refractivity contribution in [3.63, 3.8) is 0 Å². The summed E-state index contributed by atoms with van der Waals surface area (Å²) in [5.41, 5.74) is 1.12. The van der Waals surface area contributed by atoms with Crippen LogP contribution in [0.2, 0.25) is 0 Å². The van der Waals surface area contributed by atoms with Crippen LogP contribution in [-0.4, -0.2) is 26.3 Å². The molecule has 3 heteroatoms. The van der Waals surface area contributed by atoms with Gasteiger partial charge in [0.15, 0.2) is 0 Å². The molecule has 0 atom stereocenters.